The molecule has 1 aromatic carbocycles. The van der Waals surface area contributed by atoms with Crippen LogP contribution in [0.15, 0.2) is 34.9 Å². The summed E-state index contributed by atoms with van der Waals surface area (Å²) in [6.07, 6.45) is 1.68. The van der Waals surface area contributed by atoms with Crippen molar-refractivity contribution in [2.45, 2.75) is 26.9 Å². The Morgan fingerprint density at radius 2 is 2.11 bits per heavy atom. The Morgan fingerprint density at radius 1 is 1.36 bits per heavy atom. The molecule has 2 aromatic heterocycles. The van der Waals surface area contributed by atoms with Crippen LogP contribution in [-0.4, -0.2) is 30.4 Å². The van der Waals surface area contributed by atoms with Gasteiger partial charge in [-0.25, -0.2) is 0 Å². The monoisotopic (exact) mass is 446 g/mol. The number of aryl methyl sites for hydroxylation is 2. The van der Waals surface area contributed by atoms with Gasteiger partial charge in [0.2, 0.25) is 0 Å². The minimum absolute atomic E-state index is 0.0238. The second kappa shape index (κ2) is 7.93. The van der Waals surface area contributed by atoms with Gasteiger partial charge in [-0.05, 0) is 47.5 Å². The van der Waals surface area contributed by atoms with Gasteiger partial charge in [0.15, 0.2) is 0 Å². The molecule has 28 heavy (non-hydrogen) atoms. The van der Waals surface area contributed by atoms with Crippen molar-refractivity contribution in [2.75, 3.05) is 0 Å². The van der Waals surface area contributed by atoms with Gasteiger partial charge in [0.25, 0.3) is 5.91 Å². The molecule has 3 aromatic rings. The highest BCUT2D eigenvalue weighted by atomic mass is 79.9. The molecule has 0 saturated heterocycles. The van der Waals surface area contributed by atoms with E-state index in [4.69, 9.17) is 0 Å². The Morgan fingerprint density at radius 3 is 2.71 bits per heavy atom. The van der Waals surface area contributed by atoms with E-state index < -0.39 is 4.92 Å². The van der Waals surface area contributed by atoms with Crippen LogP contribution in [0.4, 0.5) is 5.69 Å². The zero-order valence-corrected chi connectivity index (χ0v) is 17.2. The van der Waals surface area contributed by atoms with Gasteiger partial charge in [-0.3, -0.25) is 24.3 Å². The predicted octanol–water partition coefficient (Wildman–Crippen LogP) is 2.88. The van der Waals surface area contributed by atoms with Crippen molar-refractivity contribution in [3.63, 3.8) is 0 Å². The lowest BCUT2D eigenvalue weighted by atomic mass is 10.1. The molecule has 0 spiro atoms. The zero-order valence-electron chi connectivity index (χ0n) is 15.6. The van der Waals surface area contributed by atoms with Crippen LogP contribution in [0, 0.1) is 24.0 Å². The number of aromatic nitrogens is 4. The van der Waals surface area contributed by atoms with Gasteiger partial charge in [0.05, 0.1) is 34.4 Å². The summed E-state index contributed by atoms with van der Waals surface area (Å²) in [5, 5.41) is 22.4. The van der Waals surface area contributed by atoms with Gasteiger partial charge in [-0.15, -0.1) is 0 Å². The molecule has 9 nitrogen and oxygen atoms in total. The molecule has 0 bridgehead atoms. The summed E-state index contributed by atoms with van der Waals surface area (Å²) in [5.41, 5.74) is 3.08. The van der Waals surface area contributed by atoms with E-state index in [-0.39, 0.29) is 11.6 Å². The number of hydrogen-bond donors (Lipinski definition) is 1. The molecular formula is C18H19BrN6O3. The maximum absolute atomic E-state index is 12.5. The fourth-order valence-corrected chi connectivity index (χ4v) is 3.48. The summed E-state index contributed by atoms with van der Waals surface area (Å²) < 4.78 is 4.10. The van der Waals surface area contributed by atoms with Crippen molar-refractivity contribution >= 4 is 27.5 Å². The third-order valence-corrected chi connectivity index (χ3v) is 5.14. The average Bonchev–Trinajstić information content (AvgIpc) is 3.11. The molecule has 0 radical (unpaired) electrons. The normalized spacial score (nSPS) is 10.9. The third kappa shape index (κ3) is 3.96. The quantitative estimate of drug-likeness (QED) is 0.462. The van der Waals surface area contributed by atoms with Crippen LogP contribution in [-0.2, 0) is 20.1 Å². The van der Waals surface area contributed by atoms with Crippen LogP contribution >= 0.6 is 15.9 Å². The van der Waals surface area contributed by atoms with Crippen molar-refractivity contribution in [1.82, 2.24) is 24.9 Å². The SMILES string of the molecule is Cc1nn(Cc2cccc(C(=O)NCc3c(Br)cnn3C)c2)c(C)c1[N+](=O)[O-]. The lowest BCUT2D eigenvalue weighted by Gasteiger charge is -2.09. The summed E-state index contributed by atoms with van der Waals surface area (Å²) in [6.45, 7) is 3.96. The summed E-state index contributed by atoms with van der Waals surface area (Å²) >= 11 is 3.40. The molecule has 0 aliphatic heterocycles. The number of nitrogens with one attached hydrogen (secondary N) is 1. The van der Waals surface area contributed by atoms with Gasteiger partial charge in [0.1, 0.15) is 11.4 Å². The smallest absolute Gasteiger partial charge is 0.312 e. The summed E-state index contributed by atoms with van der Waals surface area (Å²) in [5.74, 6) is -0.214. The van der Waals surface area contributed by atoms with E-state index in [1.165, 1.54) is 0 Å². The maximum atomic E-state index is 12.5. The van der Waals surface area contributed by atoms with Gasteiger partial charge in [-0.2, -0.15) is 10.2 Å². The molecule has 0 aliphatic carbocycles. The van der Waals surface area contributed by atoms with E-state index in [9.17, 15) is 14.9 Å². The zero-order chi connectivity index (χ0) is 20.4. The Bertz CT molecular complexity index is 1040. The second-order valence-corrected chi connectivity index (χ2v) is 7.23. The summed E-state index contributed by atoms with van der Waals surface area (Å²) in [6, 6.07) is 7.12. The summed E-state index contributed by atoms with van der Waals surface area (Å²) in [7, 11) is 1.81. The fraction of sp³-hybridized carbons (Fsp3) is 0.278. The number of carbonyl (C=O) groups is 1. The van der Waals surface area contributed by atoms with Crippen LogP contribution < -0.4 is 5.32 Å². The number of halogens is 1. The number of rotatable bonds is 6. The second-order valence-electron chi connectivity index (χ2n) is 6.38. The Kier molecular flexibility index (Phi) is 5.59. The molecule has 0 saturated carbocycles. The van der Waals surface area contributed by atoms with Gasteiger partial charge in [0, 0.05) is 12.6 Å². The van der Waals surface area contributed by atoms with Crippen LogP contribution in [0.1, 0.15) is 33.0 Å². The molecule has 0 aliphatic rings. The van der Waals surface area contributed by atoms with Crippen LogP contribution in [0.5, 0.6) is 0 Å². The number of nitrogens with zero attached hydrogens (tertiary/aromatic N) is 5. The fourth-order valence-electron chi connectivity index (χ4n) is 2.99. The van der Waals surface area contributed by atoms with Crippen molar-refractivity contribution in [3.05, 3.63) is 73.3 Å². The lowest BCUT2D eigenvalue weighted by molar-refractivity contribution is -0.386. The largest absolute Gasteiger partial charge is 0.346 e. The first-order valence-corrected chi connectivity index (χ1v) is 9.29. The van der Waals surface area contributed by atoms with E-state index in [1.54, 1.807) is 54.7 Å². The minimum Gasteiger partial charge on any atom is -0.346 e. The highest BCUT2D eigenvalue weighted by molar-refractivity contribution is 9.10. The van der Waals surface area contributed by atoms with Crippen LogP contribution in [0.3, 0.4) is 0 Å². The molecular weight excluding hydrogens is 428 g/mol. The van der Waals surface area contributed by atoms with E-state index >= 15 is 0 Å². The number of benzene rings is 1. The first-order valence-electron chi connectivity index (χ1n) is 8.50. The molecule has 2 heterocycles. The van der Waals surface area contributed by atoms with E-state index in [0.717, 1.165) is 15.7 Å². The van der Waals surface area contributed by atoms with Crippen LogP contribution in [0.2, 0.25) is 0 Å². The van der Waals surface area contributed by atoms with E-state index in [1.807, 2.05) is 6.07 Å². The Hall–Kier alpha value is -3.01. The molecule has 10 heteroatoms. The third-order valence-electron chi connectivity index (χ3n) is 4.47. The Labute approximate surface area is 169 Å². The number of hydrogen-bond acceptors (Lipinski definition) is 5. The highest BCUT2D eigenvalue weighted by Crippen LogP contribution is 2.22. The first-order chi connectivity index (χ1) is 13.3. The molecule has 0 atom stereocenters. The molecule has 1 amide bonds. The summed E-state index contributed by atoms with van der Waals surface area (Å²) in [4.78, 5) is 23.3. The van der Waals surface area contributed by atoms with Crippen molar-refractivity contribution in [1.29, 1.82) is 0 Å². The number of carbonyl (C=O) groups excluding carboxylic acids is 1. The van der Waals surface area contributed by atoms with Gasteiger partial charge in [-0.1, -0.05) is 12.1 Å². The molecule has 0 unspecified atom stereocenters. The maximum Gasteiger partial charge on any atom is 0.312 e. The average molecular weight is 447 g/mol. The number of amides is 1. The highest BCUT2D eigenvalue weighted by Gasteiger charge is 2.21. The standard InChI is InChI=1S/C18H19BrN6O3/c1-11-17(25(27)28)12(2)24(22-11)10-13-5-4-6-14(7-13)18(26)20-9-16-15(19)8-21-23(16)3/h4-8H,9-10H2,1-3H3,(H,20,26). The van der Waals surface area contributed by atoms with E-state index in [2.05, 4.69) is 31.4 Å². The molecule has 146 valence electrons. The molecule has 1 N–H and O–H groups in total. The van der Waals surface area contributed by atoms with Crippen molar-refractivity contribution in [2.24, 2.45) is 7.05 Å². The van der Waals surface area contributed by atoms with Crippen molar-refractivity contribution in [3.8, 4) is 0 Å². The van der Waals surface area contributed by atoms with Crippen LogP contribution in [0.25, 0.3) is 0 Å². The lowest BCUT2D eigenvalue weighted by Crippen LogP contribution is -2.24. The molecule has 3 rings (SSSR count). The first kappa shape index (κ1) is 19.7. The van der Waals surface area contributed by atoms with Gasteiger partial charge < -0.3 is 5.32 Å². The minimum atomic E-state index is -0.422. The predicted molar refractivity (Wildman–Crippen MR) is 106 cm³/mol. The Balaban J connectivity index is 1.74. The topological polar surface area (TPSA) is 108 Å². The van der Waals surface area contributed by atoms with Gasteiger partial charge >= 0.3 is 5.69 Å². The molecule has 0 fully saturated rings. The number of nitro groups is 1. The van der Waals surface area contributed by atoms with Crippen molar-refractivity contribution < 1.29 is 9.72 Å². The van der Waals surface area contributed by atoms with E-state index in [0.29, 0.717) is 30.0 Å².